The molecule has 17 heavy (non-hydrogen) atoms. The van der Waals surface area contributed by atoms with Gasteiger partial charge in [0.2, 0.25) is 5.91 Å². The molecule has 1 unspecified atom stereocenters. The van der Waals surface area contributed by atoms with Crippen molar-refractivity contribution in [2.24, 2.45) is 5.92 Å². The third kappa shape index (κ3) is 2.42. The number of benzene rings is 1. The Morgan fingerprint density at radius 3 is 2.88 bits per heavy atom. The molecule has 0 aromatic heterocycles. The monoisotopic (exact) mass is 253 g/mol. The van der Waals surface area contributed by atoms with Crippen molar-refractivity contribution in [3.05, 3.63) is 29.3 Å². The van der Waals surface area contributed by atoms with Gasteiger partial charge in [0.1, 0.15) is 5.92 Å². The van der Waals surface area contributed by atoms with E-state index in [4.69, 9.17) is 16.7 Å². The quantitative estimate of drug-likeness (QED) is 0.822. The smallest absolute Gasteiger partial charge is 0.316 e. The average Bonchev–Trinajstić information content (AvgIpc) is 2.29. The molecule has 1 aliphatic heterocycles. The minimum atomic E-state index is -1.05. The number of amides is 1. The Balaban J connectivity index is 2.27. The molecule has 1 fully saturated rings. The number of rotatable bonds is 2. The minimum absolute atomic E-state index is 0.356. The highest BCUT2D eigenvalue weighted by molar-refractivity contribution is 6.31. The first-order valence-corrected chi connectivity index (χ1v) is 5.77. The van der Waals surface area contributed by atoms with Crippen LogP contribution in [0.1, 0.15) is 12.8 Å². The first kappa shape index (κ1) is 11.9. The van der Waals surface area contributed by atoms with Gasteiger partial charge in [-0.05, 0) is 31.0 Å². The fourth-order valence-electron chi connectivity index (χ4n) is 2.00. The zero-order chi connectivity index (χ0) is 12.4. The maximum Gasteiger partial charge on any atom is 0.316 e. The van der Waals surface area contributed by atoms with Crippen LogP contribution in [0, 0.1) is 5.92 Å². The van der Waals surface area contributed by atoms with Gasteiger partial charge < -0.3 is 10.0 Å². The van der Waals surface area contributed by atoms with Gasteiger partial charge in [0.25, 0.3) is 0 Å². The number of hydrogen-bond donors (Lipinski definition) is 1. The van der Waals surface area contributed by atoms with E-state index in [1.165, 1.54) is 4.90 Å². The van der Waals surface area contributed by atoms with Gasteiger partial charge in [-0.3, -0.25) is 9.59 Å². The number of carboxylic acids is 1. The molecule has 0 aliphatic carbocycles. The van der Waals surface area contributed by atoms with Crippen LogP contribution in [0.3, 0.4) is 0 Å². The number of aliphatic carboxylic acids is 1. The summed E-state index contributed by atoms with van der Waals surface area (Å²) < 4.78 is 0. The number of piperidine rings is 1. The molecule has 1 aromatic rings. The normalized spacial score (nSPS) is 20.4. The molecule has 1 saturated heterocycles. The summed E-state index contributed by atoms with van der Waals surface area (Å²) in [5.41, 5.74) is 0.661. The molecule has 1 aliphatic rings. The fraction of sp³-hybridized carbons (Fsp3) is 0.333. The van der Waals surface area contributed by atoms with Gasteiger partial charge in [-0.15, -0.1) is 0 Å². The molecule has 4 nitrogen and oxygen atoms in total. The number of carbonyl (C=O) groups excluding carboxylic acids is 1. The van der Waals surface area contributed by atoms with E-state index < -0.39 is 11.9 Å². The van der Waals surface area contributed by atoms with Crippen LogP contribution in [0.5, 0.6) is 0 Å². The van der Waals surface area contributed by atoms with Crippen molar-refractivity contribution >= 4 is 29.2 Å². The average molecular weight is 254 g/mol. The molecule has 0 saturated carbocycles. The number of carbonyl (C=O) groups is 2. The summed E-state index contributed by atoms with van der Waals surface area (Å²) in [4.78, 5) is 24.4. The first-order valence-electron chi connectivity index (χ1n) is 5.39. The lowest BCUT2D eigenvalue weighted by Gasteiger charge is -2.30. The third-order valence-electron chi connectivity index (χ3n) is 2.86. The second kappa shape index (κ2) is 4.75. The molecule has 0 radical (unpaired) electrons. The van der Waals surface area contributed by atoms with E-state index in [1.54, 1.807) is 24.3 Å². The zero-order valence-corrected chi connectivity index (χ0v) is 9.85. The number of hydrogen-bond acceptors (Lipinski definition) is 2. The van der Waals surface area contributed by atoms with E-state index in [2.05, 4.69) is 0 Å². The number of nitrogens with zero attached hydrogens (tertiary/aromatic N) is 1. The van der Waals surface area contributed by atoms with E-state index in [0.717, 1.165) is 0 Å². The van der Waals surface area contributed by atoms with Crippen molar-refractivity contribution in [2.75, 3.05) is 11.4 Å². The summed E-state index contributed by atoms with van der Waals surface area (Å²) in [5.74, 6) is -2.34. The Kier molecular flexibility index (Phi) is 3.33. The van der Waals surface area contributed by atoms with Crippen molar-refractivity contribution in [1.82, 2.24) is 0 Å². The molecule has 1 amide bonds. The van der Waals surface area contributed by atoms with Crippen molar-refractivity contribution in [3.8, 4) is 0 Å². The molecule has 0 spiro atoms. The van der Waals surface area contributed by atoms with E-state index in [9.17, 15) is 9.59 Å². The standard InChI is InChI=1S/C12H12ClNO3/c13-8-3-1-4-9(7-8)14-6-2-5-10(11(14)15)12(16)17/h1,3-4,7,10H,2,5-6H2,(H,16,17). The van der Waals surface area contributed by atoms with Gasteiger partial charge in [-0.25, -0.2) is 0 Å². The maximum absolute atomic E-state index is 12.0. The van der Waals surface area contributed by atoms with Crippen LogP contribution in [-0.2, 0) is 9.59 Å². The summed E-state index contributed by atoms with van der Waals surface area (Å²) in [7, 11) is 0. The van der Waals surface area contributed by atoms with Crippen LogP contribution >= 0.6 is 11.6 Å². The Hall–Kier alpha value is -1.55. The number of halogens is 1. The summed E-state index contributed by atoms with van der Waals surface area (Å²) >= 11 is 5.86. The first-order chi connectivity index (χ1) is 8.09. The zero-order valence-electron chi connectivity index (χ0n) is 9.10. The summed E-state index contributed by atoms with van der Waals surface area (Å²) in [6.07, 6.45) is 1.10. The van der Waals surface area contributed by atoms with E-state index in [1.807, 2.05) is 0 Å². The molecule has 2 rings (SSSR count). The second-order valence-electron chi connectivity index (χ2n) is 4.00. The maximum atomic E-state index is 12.0. The van der Waals surface area contributed by atoms with Crippen LogP contribution in [0.4, 0.5) is 5.69 Å². The lowest BCUT2D eigenvalue weighted by Crippen LogP contribution is -2.44. The van der Waals surface area contributed by atoms with E-state index in [0.29, 0.717) is 30.1 Å². The molecule has 5 heteroatoms. The van der Waals surface area contributed by atoms with Crippen LogP contribution in [0.2, 0.25) is 5.02 Å². The van der Waals surface area contributed by atoms with E-state index in [-0.39, 0.29) is 5.91 Å². The van der Waals surface area contributed by atoms with Gasteiger partial charge in [0.15, 0.2) is 0 Å². The molecular weight excluding hydrogens is 242 g/mol. The Bertz CT molecular complexity index is 461. The van der Waals surface area contributed by atoms with Gasteiger partial charge in [-0.2, -0.15) is 0 Å². The topological polar surface area (TPSA) is 57.6 Å². The Labute approximate surface area is 104 Å². The predicted molar refractivity (Wildman–Crippen MR) is 64.2 cm³/mol. The van der Waals surface area contributed by atoms with Crippen molar-refractivity contribution in [2.45, 2.75) is 12.8 Å². The summed E-state index contributed by atoms with van der Waals surface area (Å²) in [5, 5.41) is 9.49. The van der Waals surface area contributed by atoms with Crippen molar-refractivity contribution < 1.29 is 14.7 Å². The van der Waals surface area contributed by atoms with Crippen LogP contribution < -0.4 is 4.90 Å². The SMILES string of the molecule is O=C(O)C1CCCN(c2cccc(Cl)c2)C1=O. The minimum Gasteiger partial charge on any atom is -0.481 e. The Morgan fingerprint density at radius 1 is 1.47 bits per heavy atom. The van der Waals surface area contributed by atoms with Crippen LogP contribution in [0.15, 0.2) is 24.3 Å². The van der Waals surface area contributed by atoms with Crippen molar-refractivity contribution in [3.63, 3.8) is 0 Å². The summed E-state index contributed by atoms with van der Waals surface area (Å²) in [6.45, 7) is 0.545. The number of anilines is 1. The molecule has 1 atom stereocenters. The molecule has 1 N–H and O–H groups in total. The summed E-state index contributed by atoms with van der Waals surface area (Å²) in [6, 6.07) is 6.89. The Morgan fingerprint density at radius 2 is 2.24 bits per heavy atom. The van der Waals surface area contributed by atoms with Crippen molar-refractivity contribution in [1.29, 1.82) is 0 Å². The predicted octanol–water partition coefficient (Wildman–Crippen LogP) is 2.17. The highest BCUT2D eigenvalue weighted by atomic mass is 35.5. The van der Waals surface area contributed by atoms with Gasteiger partial charge in [0.05, 0.1) is 0 Å². The molecule has 90 valence electrons. The highest BCUT2D eigenvalue weighted by Gasteiger charge is 2.34. The third-order valence-corrected chi connectivity index (χ3v) is 3.09. The lowest BCUT2D eigenvalue weighted by atomic mass is 9.97. The second-order valence-corrected chi connectivity index (χ2v) is 4.44. The molecule has 1 heterocycles. The molecular formula is C12H12ClNO3. The van der Waals surface area contributed by atoms with Gasteiger partial charge >= 0.3 is 5.97 Å². The van der Waals surface area contributed by atoms with Gasteiger partial charge in [0, 0.05) is 17.3 Å². The van der Waals surface area contributed by atoms with Gasteiger partial charge in [-0.1, -0.05) is 17.7 Å². The van der Waals surface area contributed by atoms with Crippen LogP contribution in [-0.4, -0.2) is 23.5 Å². The highest BCUT2D eigenvalue weighted by Crippen LogP contribution is 2.26. The lowest BCUT2D eigenvalue weighted by molar-refractivity contribution is -0.147. The largest absolute Gasteiger partial charge is 0.481 e. The van der Waals surface area contributed by atoms with E-state index >= 15 is 0 Å². The number of carboxylic acid groups (broad SMARTS) is 1. The fourth-order valence-corrected chi connectivity index (χ4v) is 2.19. The molecule has 1 aromatic carbocycles. The van der Waals surface area contributed by atoms with Crippen LogP contribution in [0.25, 0.3) is 0 Å². The molecule has 0 bridgehead atoms.